The highest BCUT2D eigenvalue weighted by atomic mass is 16.5. The summed E-state index contributed by atoms with van der Waals surface area (Å²) < 4.78 is 22.7. The predicted molar refractivity (Wildman–Crippen MR) is 119 cm³/mol. The first-order valence-corrected chi connectivity index (χ1v) is 10.8. The number of ether oxygens (including phenoxy) is 3. The number of nitrogens with one attached hydrogen (secondary N) is 1. The van der Waals surface area contributed by atoms with Crippen molar-refractivity contribution in [3.63, 3.8) is 0 Å². The van der Waals surface area contributed by atoms with E-state index in [1.54, 1.807) is 14.2 Å². The van der Waals surface area contributed by atoms with Gasteiger partial charge < -0.3 is 23.9 Å². The van der Waals surface area contributed by atoms with Gasteiger partial charge in [-0.3, -0.25) is 0 Å². The highest BCUT2D eigenvalue weighted by molar-refractivity contribution is 5.52. The Morgan fingerprint density at radius 1 is 1.03 bits per heavy atom. The Bertz CT molecular complexity index is 955. The number of nitrogens with zero attached hydrogens (tertiary/aromatic N) is 1. The number of methoxy groups -OCH3 is 2. The Hall–Kier alpha value is -2.99. The zero-order chi connectivity index (χ0) is 21.6. The van der Waals surface area contributed by atoms with Crippen molar-refractivity contribution in [2.75, 3.05) is 14.2 Å². The van der Waals surface area contributed by atoms with Crippen LogP contribution in [0.1, 0.15) is 48.8 Å². The standard InChI is InChI=1S/C25H30N2O4/c1-17-11-13-20(30-17)24(19-7-4-5-8-19)27-16-18-12-14-23(26-15-18)31-25-21(28-2)9-6-10-22(25)29-3/h6,9-15,19,24,27H,4-5,7-8,16H2,1-3H3/t24-/m1/s1. The molecule has 0 aliphatic heterocycles. The smallest absolute Gasteiger partial charge is 0.219 e. The van der Waals surface area contributed by atoms with Gasteiger partial charge in [0.05, 0.1) is 20.3 Å². The Balaban J connectivity index is 1.44. The molecule has 1 aliphatic carbocycles. The van der Waals surface area contributed by atoms with Crippen LogP contribution in [-0.2, 0) is 6.54 Å². The number of aryl methyl sites for hydroxylation is 1. The van der Waals surface area contributed by atoms with E-state index in [0.717, 1.165) is 17.1 Å². The molecule has 1 fully saturated rings. The maximum atomic E-state index is 5.96. The molecule has 1 N–H and O–H groups in total. The number of pyridine rings is 1. The summed E-state index contributed by atoms with van der Waals surface area (Å²) in [4.78, 5) is 4.48. The zero-order valence-corrected chi connectivity index (χ0v) is 18.4. The van der Waals surface area contributed by atoms with Gasteiger partial charge in [-0.2, -0.15) is 0 Å². The van der Waals surface area contributed by atoms with E-state index in [1.165, 1.54) is 25.7 Å². The summed E-state index contributed by atoms with van der Waals surface area (Å²) in [7, 11) is 3.20. The summed E-state index contributed by atoms with van der Waals surface area (Å²) in [6, 6.07) is 13.8. The predicted octanol–water partition coefficient (Wildman–Crippen LogP) is 5.81. The molecule has 3 aromatic rings. The first-order valence-electron chi connectivity index (χ1n) is 10.8. The lowest BCUT2D eigenvalue weighted by atomic mass is 9.96. The minimum Gasteiger partial charge on any atom is -0.493 e. The molecule has 2 heterocycles. The number of benzene rings is 1. The third-order valence-electron chi connectivity index (χ3n) is 5.85. The van der Waals surface area contributed by atoms with Crippen LogP contribution >= 0.6 is 0 Å². The van der Waals surface area contributed by atoms with Gasteiger partial charge in [-0.1, -0.05) is 25.0 Å². The van der Waals surface area contributed by atoms with Crippen LogP contribution in [0.5, 0.6) is 23.1 Å². The Kier molecular flexibility index (Phi) is 6.77. The van der Waals surface area contributed by atoms with E-state index in [9.17, 15) is 0 Å². The van der Waals surface area contributed by atoms with E-state index in [2.05, 4.69) is 16.4 Å². The van der Waals surface area contributed by atoms with Gasteiger partial charge in [0.25, 0.3) is 0 Å². The van der Waals surface area contributed by atoms with Crippen LogP contribution in [-0.4, -0.2) is 19.2 Å². The molecule has 6 nitrogen and oxygen atoms in total. The van der Waals surface area contributed by atoms with Gasteiger partial charge in [0.2, 0.25) is 11.6 Å². The van der Waals surface area contributed by atoms with Crippen molar-refractivity contribution in [3.05, 3.63) is 65.7 Å². The quantitative estimate of drug-likeness (QED) is 0.469. The number of aromatic nitrogens is 1. The second-order valence-corrected chi connectivity index (χ2v) is 7.95. The van der Waals surface area contributed by atoms with Gasteiger partial charge in [-0.25, -0.2) is 4.98 Å². The van der Waals surface area contributed by atoms with Crippen molar-refractivity contribution in [1.29, 1.82) is 0 Å². The van der Waals surface area contributed by atoms with Crippen LogP contribution < -0.4 is 19.5 Å². The van der Waals surface area contributed by atoms with Crippen LogP contribution in [0, 0.1) is 12.8 Å². The lowest BCUT2D eigenvalue weighted by Crippen LogP contribution is -2.26. The zero-order valence-electron chi connectivity index (χ0n) is 18.4. The maximum Gasteiger partial charge on any atom is 0.219 e. The van der Waals surface area contributed by atoms with Crippen molar-refractivity contribution in [3.8, 4) is 23.1 Å². The maximum absolute atomic E-state index is 5.96. The first kappa shape index (κ1) is 21.2. The molecule has 31 heavy (non-hydrogen) atoms. The van der Waals surface area contributed by atoms with Crippen molar-refractivity contribution in [2.45, 2.75) is 45.2 Å². The molecule has 0 bridgehead atoms. The lowest BCUT2D eigenvalue weighted by Gasteiger charge is -2.23. The molecule has 1 aromatic carbocycles. The van der Waals surface area contributed by atoms with Gasteiger partial charge in [0.1, 0.15) is 11.5 Å². The molecule has 0 radical (unpaired) electrons. The summed E-state index contributed by atoms with van der Waals surface area (Å²) in [6.07, 6.45) is 6.90. The number of hydrogen-bond acceptors (Lipinski definition) is 6. The van der Waals surface area contributed by atoms with Gasteiger partial charge in [0, 0.05) is 18.8 Å². The van der Waals surface area contributed by atoms with Crippen LogP contribution in [0.3, 0.4) is 0 Å². The van der Waals surface area contributed by atoms with Crippen LogP contribution in [0.25, 0.3) is 0 Å². The molecule has 4 rings (SSSR count). The lowest BCUT2D eigenvalue weighted by molar-refractivity contribution is 0.306. The molecule has 2 aromatic heterocycles. The van der Waals surface area contributed by atoms with Gasteiger partial charge >= 0.3 is 0 Å². The van der Waals surface area contributed by atoms with E-state index >= 15 is 0 Å². The molecule has 0 amide bonds. The minimum atomic E-state index is 0.227. The van der Waals surface area contributed by atoms with Crippen LogP contribution in [0.2, 0.25) is 0 Å². The van der Waals surface area contributed by atoms with E-state index in [-0.39, 0.29) is 6.04 Å². The molecule has 0 spiro atoms. The number of para-hydroxylation sites is 1. The van der Waals surface area contributed by atoms with Crippen molar-refractivity contribution < 1.29 is 18.6 Å². The second-order valence-electron chi connectivity index (χ2n) is 7.95. The third kappa shape index (κ3) is 5.02. The highest BCUT2D eigenvalue weighted by Gasteiger charge is 2.28. The largest absolute Gasteiger partial charge is 0.493 e. The van der Waals surface area contributed by atoms with Crippen molar-refractivity contribution >= 4 is 0 Å². The second kappa shape index (κ2) is 9.88. The molecule has 0 saturated heterocycles. The van der Waals surface area contributed by atoms with E-state index < -0.39 is 0 Å². The average molecular weight is 423 g/mol. The monoisotopic (exact) mass is 422 g/mol. The fourth-order valence-corrected chi connectivity index (χ4v) is 4.24. The van der Waals surface area contributed by atoms with Gasteiger partial charge in [0.15, 0.2) is 11.5 Å². The average Bonchev–Trinajstić information content (AvgIpc) is 3.48. The molecule has 0 unspecified atom stereocenters. The summed E-state index contributed by atoms with van der Waals surface area (Å²) in [5.41, 5.74) is 1.09. The topological polar surface area (TPSA) is 65.8 Å². The molecule has 1 saturated carbocycles. The normalized spacial score (nSPS) is 15.1. The number of hydrogen-bond donors (Lipinski definition) is 1. The minimum absolute atomic E-state index is 0.227. The van der Waals surface area contributed by atoms with E-state index in [0.29, 0.717) is 35.6 Å². The Labute approximate surface area is 183 Å². The molecule has 1 atom stereocenters. The van der Waals surface area contributed by atoms with Gasteiger partial charge in [-0.05, 0) is 55.5 Å². The van der Waals surface area contributed by atoms with E-state index in [1.807, 2.05) is 49.5 Å². The number of rotatable bonds is 9. The summed E-state index contributed by atoms with van der Waals surface area (Å²) in [5, 5.41) is 3.70. The fraction of sp³-hybridized carbons (Fsp3) is 0.400. The molecular formula is C25H30N2O4. The van der Waals surface area contributed by atoms with Gasteiger partial charge in [-0.15, -0.1) is 0 Å². The summed E-state index contributed by atoms with van der Waals surface area (Å²) in [6.45, 7) is 2.71. The first-order chi connectivity index (χ1) is 15.2. The third-order valence-corrected chi connectivity index (χ3v) is 5.85. The summed E-state index contributed by atoms with van der Waals surface area (Å²) >= 11 is 0. The number of furan rings is 1. The van der Waals surface area contributed by atoms with Crippen LogP contribution in [0.4, 0.5) is 0 Å². The molecule has 6 heteroatoms. The van der Waals surface area contributed by atoms with E-state index in [4.69, 9.17) is 18.6 Å². The van der Waals surface area contributed by atoms with Crippen molar-refractivity contribution in [2.24, 2.45) is 5.92 Å². The Morgan fingerprint density at radius 3 is 2.35 bits per heavy atom. The fourth-order valence-electron chi connectivity index (χ4n) is 4.24. The van der Waals surface area contributed by atoms with Crippen molar-refractivity contribution in [1.82, 2.24) is 10.3 Å². The molecule has 1 aliphatic rings. The molecular weight excluding hydrogens is 392 g/mol. The molecule has 164 valence electrons. The summed E-state index contributed by atoms with van der Waals surface area (Å²) in [5.74, 6) is 4.79. The SMILES string of the molecule is COc1cccc(OC)c1Oc1ccc(CN[C@@H](c2ccc(C)o2)C2CCCC2)cn1. The highest BCUT2D eigenvalue weighted by Crippen LogP contribution is 2.39. The van der Waals surface area contributed by atoms with Crippen LogP contribution in [0.15, 0.2) is 53.1 Å². The Morgan fingerprint density at radius 2 is 1.77 bits per heavy atom.